The summed E-state index contributed by atoms with van der Waals surface area (Å²) in [5.74, 6) is 0.0908. The van der Waals surface area contributed by atoms with Crippen molar-refractivity contribution in [2.75, 3.05) is 44.2 Å². The lowest BCUT2D eigenvalue weighted by molar-refractivity contribution is -0.0598. The third kappa shape index (κ3) is 5.06. The highest BCUT2D eigenvalue weighted by Crippen LogP contribution is 2.29. The highest BCUT2D eigenvalue weighted by atomic mass is 16.5. The predicted octanol–water partition coefficient (Wildman–Crippen LogP) is 3.71. The lowest BCUT2D eigenvalue weighted by atomic mass is 9.89. The molecule has 31 heavy (non-hydrogen) atoms. The predicted molar refractivity (Wildman–Crippen MR) is 123 cm³/mol. The molecule has 5 rings (SSSR count). The van der Waals surface area contributed by atoms with Crippen LogP contribution in [-0.4, -0.2) is 78.2 Å². The summed E-state index contributed by atoms with van der Waals surface area (Å²) >= 11 is 0. The van der Waals surface area contributed by atoms with Crippen molar-refractivity contribution in [3.05, 3.63) is 24.0 Å². The van der Waals surface area contributed by atoms with E-state index in [1.165, 1.54) is 51.6 Å². The molecule has 1 aromatic rings. The molecular weight excluding hydrogens is 388 g/mol. The van der Waals surface area contributed by atoms with Crippen LogP contribution in [0.4, 0.5) is 5.69 Å². The smallest absolute Gasteiger partial charge is 0.272 e. The number of pyridine rings is 1. The Bertz CT molecular complexity index is 731. The first-order chi connectivity index (χ1) is 15.3. The first-order valence-corrected chi connectivity index (χ1v) is 12.7. The summed E-state index contributed by atoms with van der Waals surface area (Å²) in [6, 6.07) is 4.91. The molecule has 0 atom stereocenters. The molecule has 3 aliphatic heterocycles. The number of hydrogen-bond acceptors (Lipinski definition) is 5. The fraction of sp³-hybridized carbons (Fsp3) is 0.760. The average Bonchev–Trinajstić information content (AvgIpc) is 2.80. The minimum atomic E-state index is 0.0908. The molecule has 1 aliphatic carbocycles. The van der Waals surface area contributed by atoms with Crippen LogP contribution in [0.2, 0.25) is 0 Å². The molecule has 1 saturated carbocycles. The maximum Gasteiger partial charge on any atom is 0.272 e. The molecule has 0 aromatic carbocycles. The van der Waals surface area contributed by atoms with Crippen molar-refractivity contribution in [2.45, 2.75) is 82.5 Å². The van der Waals surface area contributed by atoms with Crippen molar-refractivity contribution >= 4 is 11.6 Å². The molecule has 170 valence electrons. The van der Waals surface area contributed by atoms with Crippen molar-refractivity contribution in [3.63, 3.8) is 0 Å². The molecular formula is C25H38N4O2. The standard InChI is InChI=1S/C25H38N4O2/c30-25(29-13-2-1-3-14-29)24-19-21(7-12-26-24)28-17-10-23(11-18-28)31-22-8-15-27(16-9-22)20-5-4-6-20/h7,12,19-20,22-23H,1-6,8-11,13-18H2. The summed E-state index contributed by atoms with van der Waals surface area (Å²) in [6.45, 7) is 6.16. The Morgan fingerprint density at radius 3 is 2.16 bits per heavy atom. The van der Waals surface area contributed by atoms with Crippen LogP contribution in [0.5, 0.6) is 0 Å². The minimum absolute atomic E-state index is 0.0908. The lowest BCUT2D eigenvalue weighted by Crippen LogP contribution is -2.47. The first kappa shape index (κ1) is 21.2. The van der Waals surface area contributed by atoms with Crippen molar-refractivity contribution in [2.24, 2.45) is 0 Å². The number of carbonyl (C=O) groups excluding carboxylic acids is 1. The fourth-order valence-electron chi connectivity index (χ4n) is 5.64. The number of anilines is 1. The quantitative estimate of drug-likeness (QED) is 0.718. The van der Waals surface area contributed by atoms with E-state index >= 15 is 0 Å². The number of nitrogens with zero attached hydrogens (tertiary/aromatic N) is 4. The largest absolute Gasteiger partial charge is 0.375 e. The summed E-state index contributed by atoms with van der Waals surface area (Å²) in [6.07, 6.45) is 14.8. The Morgan fingerprint density at radius 1 is 0.839 bits per heavy atom. The maximum atomic E-state index is 12.8. The van der Waals surface area contributed by atoms with Crippen molar-refractivity contribution < 1.29 is 9.53 Å². The summed E-state index contributed by atoms with van der Waals surface area (Å²) in [5, 5.41) is 0. The maximum absolute atomic E-state index is 12.8. The van der Waals surface area contributed by atoms with Gasteiger partial charge in [0.2, 0.25) is 0 Å². The lowest BCUT2D eigenvalue weighted by Gasteiger charge is -2.43. The second kappa shape index (κ2) is 9.86. The number of ether oxygens (including phenoxy) is 1. The molecule has 4 fully saturated rings. The van der Waals surface area contributed by atoms with Gasteiger partial charge in [0.15, 0.2) is 0 Å². The van der Waals surface area contributed by atoms with Crippen molar-refractivity contribution in [1.29, 1.82) is 0 Å². The third-order valence-corrected chi connectivity index (χ3v) is 7.87. The summed E-state index contributed by atoms with van der Waals surface area (Å²) in [5.41, 5.74) is 1.72. The summed E-state index contributed by atoms with van der Waals surface area (Å²) in [4.78, 5) is 24.3. The summed E-state index contributed by atoms with van der Waals surface area (Å²) in [7, 11) is 0. The molecule has 0 bridgehead atoms. The Morgan fingerprint density at radius 2 is 1.52 bits per heavy atom. The van der Waals surface area contributed by atoms with Gasteiger partial charge in [0, 0.05) is 57.2 Å². The Kier molecular flexibility index (Phi) is 6.75. The van der Waals surface area contributed by atoms with Gasteiger partial charge in [-0.15, -0.1) is 0 Å². The molecule has 0 spiro atoms. The Labute approximate surface area is 186 Å². The number of piperidine rings is 3. The van der Waals surface area contributed by atoms with Gasteiger partial charge in [-0.1, -0.05) is 6.42 Å². The SMILES string of the molecule is O=C(c1cc(N2CCC(OC3CCN(C4CCC4)CC3)CC2)ccn1)N1CCCCC1. The first-order valence-electron chi connectivity index (χ1n) is 12.7. The van der Waals surface area contributed by atoms with Gasteiger partial charge in [-0.25, -0.2) is 0 Å². The average molecular weight is 427 g/mol. The minimum Gasteiger partial charge on any atom is -0.375 e. The van der Waals surface area contributed by atoms with Crippen LogP contribution in [0.3, 0.4) is 0 Å². The molecule has 0 unspecified atom stereocenters. The van der Waals surface area contributed by atoms with Crippen LogP contribution in [0.1, 0.15) is 74.7 Å². The molecule has 1 aromatic heterocycles. The van der Waals surface area contributed by atoms with Crippen LogP contribution in [0.25, 0.3) is 0 Å². The fourth-order valence-corrected chi connectivity index (χ4v) is 5.64. The molecule has 4 heterocycles. The topological polar surface area (TPSA) is 48.9 Å². The molecule has 4 aliphatic rings. The van der Waals surface area contributed by atoms with Gasteiger partial charge in [-0.2, -0.15) is 0 Å². The molecule has 0 radical (unpaired) electrons. The monoisotopic (exact) mass is 426 g/mol. The zero-order valence-corrected chi connectivity index (χ0v) is 18.9. The van der Waals surface area contributed by atoms with Crippen LogP contribution in [0.15, 0.2) is 18.3 Å². The number of carbonyl (C=O) groups is 1. The Hall–Kier alpha value is -1.66. The van der Waals surface area contributed by atoms with Gasteiger partial charge in [0.25, 0.3) is 5.91 Å². The summed E-state index contributed by atoms with van der Waals surface area (Å²) < 4.78 is 6.51. The normalized spacial score (nSPS) is 24.9. The number of aromatic nitrogens is 1. The highest BCUT2D eigenvalue weighted by molar-refractivity contribution is 5.93. The number of hydrogen-bond donors (Lipinski definition) is 0. The van der Waals surface area contributed by atoms with E-state index in [1.54, 1.807) is 6.20 Å². The molecule has 0 N–H and O–H groups in total. The van der Waals surface area contributed by atoms with Crippen LogP contribution >= 0.6 is 0 Å². The van der Waals surface area contributed by atoms with Gasteiger partial charge in [-0.3, -0.25) is 9.78 Å². The highest BCUT2D eigenvalue weighted by Gasteiger charge is 2.31. The zero-order chi connectivity index (χ0) is 21.0. The van der Waals surface area contributed by atoms with E-state index in [9.17, 15) is 4.79 Å². The van der Waals surface area contributed by atoms with Crippen LogP contribution in [-0.2, 0) is 4.74 Å². The molecule has 3 saturated heterocycles. The number of likely N-dealkylation sites (tertiary alicyclic amines) is 2. The molecule has 6 heteroatoms. The number of amides is 1. The second-order valence-corrected chi connectivity index (χ2v) is 9.89. The van der Waals surface area contributed by atoms with Crippen LogP contribution in [0, 0.1) is 0 Å². The van der Waals surface area contributed by atoms with E-state index in [0.717, 1.165) is 63.6 Å². The van der Waals surface area contributed by atoms with Gasteiger partial charge in [-0.05, 0) is 69.9 Å². The number of rotatable bonds is 5. The van der Waals surface area contributed by atoms with E-state index in [4.69, 9.17) is 4.74 Å². The van der Waals surface area contributed by atoms with Gasteiger partial charge in [0.05, 0.1) is 12.2 Å². The Balaban J connectivity index is 1.09. The van der Waals surface area contributed by atoms with E-state index in [-0.39, 0.29) is 5.91 Å². The van der Waals surface area contributed by atoms with Crippen LogP contribution < -0.4 is 4.90 Å². The van der Waals surface area contributed by atoms with Crippen molar-refractivity contribution in [1.82, 2.24) is 14.8 Å². The van der Waals surface area contributed by atoms with E-state index in [2.05, 4.69) is 14.8 Å². The van der Waals surface area contributed by atoms with Crippen molar-refractivity contribution in [3.8, 4) is 0 Å². The van der Waals surface area contributed by atoms with Gasteiger partial charge < -0.3 is 19.4 Å². The van der Waals surface area contributed by atoms with E-state index in [1.807, 2.05) is 17.0 Å². The second-order valence-electron chi connectivity index (χ2n) is 9.89. The molecule has 1 amide bonds. The van der Waals surface area contributed by atoms with E-state index in [0.29, 0.717) is 17.9 Å². The van der Waals surface area contributed by atoms with E-state index < -0.39 is 0 Å². The van der Waals surface area contributed by atoms with Gasteiger partial charge in [0.1, 0.15) is 5.69 Å². The van der Waals surface area contributed by atoms with Gasteiger partial charge >= 0.3 is 0 Å². The third-order valence-electron chi connectivity index (χ3n) is 7.87. The zero-order valence-electron chi connectivity index (χ0n) is 18.9. The molecule has 6 nitrogen and oxygen atoms in total.